The van der Waals surface area contributed by atoms with E-state index in [1.165, 1.54) is 22.5 Å². The third-order valence-electron chi connectivity index (χ3n) is 4.54. The molecule has 25 heavy (non-hydrogen) atoms. The summed E-state index contributed by atoms with van der Waals surface area (Å²) < 4.78 is 28.0. The van der Waals surface area contributed by atoms with E-state index in [0.717, 1.165) is 42.2 Å². The van der Waals surface area contributed by atoms with Gasteiger partial charge in [-0.15, -0.1) is 11.3 Å². The minimum Gasteiger partial charge on any atom is -0.258 e. The molecule has 1 fully saturated rings. The Kier molecular flexibility index (Phi) is 5.21. The van der Waals surface area contributed by atoms with Crippen molar-refractivity contribution in [3.05, 3.63) is 56.3 Å². The zero-order valence-corrected chi connectivity index (χ0v) is 15.6. The first kappa shape index (κ1) is 18.0. The summed E-state index contributed by atoms with van der Waals surface area (Å²) in [6.07, 6.45) is 3.54. The molecule has 1 aromatic carbocycles. The first-order chi connectivity index (χ1) is 11.9. The lowest BCUT2D eigenvalue weighted by Gasteiger charge is -2.29. The van der Waals surface area contributed by atoms with Crippen LogP contribution in [0.1, 0.15) is 42.2 Å². The first-order valence-electron chi connectivity index (χ1n) is 8.21. The van der Waals surface area contributed by atoms with Crippen molar-refractivity contribution < 1.29 is 13.3 Å². The van der Waals surface area contributed by atoms with Crippen molar-refractivity contribution >= 4 is 27.0 Å². The molecular weight excluding hydrogens is 360 g/mol. The minimum atomic E-state index is -3.80. The van der Waals surface area contributed by atoms with E-state index in [2.05, 4.69) is 0 Å². The van der Waals surface area contributed by atoms with Gasteiger partial charge in [-0.1, -0.05) is 18.9 Å². The van der Waals surface area contributed by atoms with Gasteiger partial charge >= 0.3 is 0 Å². The molecule has 0 amide bonds. The molecule has 2 heterocycles. The zero-order valence-electron chi connectivity index (χ0n) is 13.9. The van der Waals surface area contributed by atoms with Crippen molar-refractivity contribution in [2.45, 2.75) is 43.5 Å². The Morgan fingerprint density at radius 2 is 2.04 bits per heavy atom. The summed E-state index contributed by atoms with van der Waals surface area (Å²) in [6.45, 7) is 2.43. The van der Waals surface area contributed by atoms with Crippen LogP contribution in [0.2, 0.25) is 0 Å². The molecular formula is C17H20N2O4S2. The van der Waals surface area contributed by atoms with E-state index in [1.807, 2.05) is 18.4 Å². The van der Waals surface area contributed by atoms with Gasteiger partial charge < -0.3 is 0 Å². The maximum absolute atomic E-state index is 13.2. The van der Waals surface area contributed by atoms with E-state index in [-0.39, 0.29) is 16.6 Å². The van der Waals surface area contributed by atoms with Gasteiger partial charge in [-0.3, -0.25) is 10.1 Å². The van der Waals surface area contributed by atoms with Crippen LogP contribution in [0, 0.1) is 17.0 Å². The third kappa shape index (κ3) is 3.61. The second-order valence-corrected chi connectivity index (χ2v) is 9.04. The number of hydrogen-bond donors (Lipinski definition) is 0. The van der Waals surface area contributed by atoms with Crippen LogP contribution in [0.5, 0.6) is 0 Å². The quantitative estimate of drug-likeness (QED) is 0.586. The Bertz CT molecular complexity index is 876. The second-order valence-electron chi connectivity index (χ2n) is 6.20. The van der Waals surface area contributed by atoms with Crippen molar-refractivity contribution in [2.75, 3.05) is 6.54 Å². The first-order valence-corrected chi connectivity index (χ1v) is 10.5. The molecule has 0 saturated carbocycles. The summed E-state index contributed by atoms with van der Waals surface area (Å²) >= 11 is 1.57. The fourth-order valence-corrected chi connectivity index (χ4v) is 6.10. The Morgan fingerprint density at radius 3 is 2.72 bits per heavy atom. The van der Waals surface area contributed by atoms with Crippen LogP contribution in [0.3, 0.4) is 0 Å². The monoisotopic (exact) mass is 380 g/mol. The van der Waals surface area contributed by atoms with Crippen LogP contribution in [0.4, 0.5) is 5.69 Å². The van der Waals surface area contributed by atoms with Gasteiger partial charge in [0.1, 0.15) is 0 Å². The van der Waals surface area contributed by atoms with Crippen molar-refractivity contribution in [2.24, 2.45) is 0 Å². The molecule has 2 aromatic rings. The van der Waals surface area contributed by atoms with E-state index in [1.54, 1.807) is 11.3 Å². The SMILES string of the molecule is Cc1ccsc1[C@H]1CCCCCN1S(=O)(=O)c1cccc([N+](=O)[O-])c1. The van der Waals surface area contributed by atoms with E-state index in [4.69, 9.17) is 0 Å². The largest absolute Gasteiger partial charge is 0.270 e. The molecule has 134 valence electrons. The van der Waals surface area contributed by atoms with Crippen molar-refractivity contribution in [1.29, 1.82) is 0 Å². The van der Waals surface area contributed by atoms with Gasteiger partial charge in [0, 0.05) is 23.6 Å². The summed E-state index contributed by atoms with van der Waals surface area (Å²) in [7, 11) is -3.80. The molecule has 1 saturated heterocycles. The fraction of sp³-hybridized carbons (Fsp3) is 0.412. The molecule has 0 spiro atoms. The Morgan fingerprint density at radius 1 is 1.24 bits per heavy atom. The number of nitro groups is 1. The number of rotatable bonds is 4. The minimum absolute atomic E-state index is 0.0113. The van der Waals surface area contributed by atoms with Gasteiger partial charge in [0.15, 0.2) is 0 Å². The summed E-state index contributed by atoms with van der Waals surface area (Å²) in [4.78, 5) is 11.5. The molecule has 0 aliphatic carbocycles. The smallest absolute Gasteiger partial charge is 0.258 e. The average Bonchev–Trinajstić information content (AvgIpc) is 2.86. The lowest BCUT2D eigenvalue weighted by atomic mass is 10.1. The number of aryl methyl sites for hydroxylation is 1. The molecule has 1 aromatic heterocycles. The fourth-order valence-electron chi connectivity index (χ4n) is 3.25. The number of thiophene rings is 1. The number of sulfonamides is 1. The van der Waals surface area contributed by atoms with E-state index in [0.29, 0.717) is 6.54 Å². The number of nitro benzene ring substituents is 1. The second kappa shape index (κ2) is 7.23. The Hall–Kier alpha value is -1.77. The molecule has 1 aliphatic rings. The summed E-state index contributed by atoms with van der Waals surface area (Å²) in [5.74, 6) is 0. The number of non-ortho nitro benzene ring substituents is 1. The van der Waals surface area contributed by atoms with Crippen LogP contribution < -0.4 is 0 Å². The maximum atomic E-state index is 13.2. The average molecular weight is 380 g/mol. The number of hydrogen-bond acceptors (Lipinski definition) is 5. The highest BCUT2D eigenvalue weighted by atomic mass is 32.2. The Balaban J connectivity index is 2.05. The van der Waals surface area contributed by atoms with Gasteiger partial charge in [-0.2, -0.15) is 4.31 Å². The molecule has 0 unspecified atom stereocenters. The van der Waals surface area contributed by atoms with Crippen molar-refractivity contribution in [3.63, 3.8) is 0 Å². The summed E-state index contributed by atoms with van der Waals surface area (Å²) in [5.41, 5.74) is 0.885. The van der Waals surface area contributed by atoms with Gasteiger partial charge in [-0.05, 0) is 42.8 Å². The highest BCUT2D eigenvalue weighted by Gasteiger charge is 2.35. The topological polar surface area (TPSA) is 80.5 Å². The van der Waals surface area contributed by atoms with Crippen LogP contribution in [0.15, 0.2) is 40.6 Å². The van der Waals surface area contributed by atoms with Gasteiger partial charge in [0.2, 0.25) is 10.0 Å². The van der Waals surface area contributed by atoms with E-state index < -0.39 is 14.9 Å². The molecule has 0 N–H and O–H groups in total. The molecule has 1 aliphatic heterocycles. The third-order valence-corrected chi connectivity index (χ3v) is 7.57. The number of benzene rings is 1. The molecule has 8 heteroatoms. The molecule has 6 nitrogen and oxygen atoms in total. The molecule has 1 atom stereocenters. The van der Waals surface area contributed by atoms with E-state index in [9.17, 15) is 18.5 Å². The molecule has 0 radical (unpaired) electrons. The van der Waals surface area contributed by atoms with Crippen LogP contribution >= 0.6 is 11.3 Å². The lowest BCUT2D eigenvalue weighted by Crippen LogP contribution is -2.34. The predicted molar refractivity (Wildman–Crippen MR) is 97.3 cm³/mol. The predicted octanol–water partition coefficient (Wildman–Crippen LogP) is 4.27. The van der Waals surface area contributed by atoms with Gasteiger partial charge in [0.25, 0.3) is 5.69 Å². The van der Waals surface area contributed by atoms with Crippen molar-refractivity contribution in [1.82, 2.24) is 4.31 Å². The lowest BCUT2D eigenvalue weighted by molar-refractivity contribution is -0.385. The molecule has 3 rings (SSSR count). The van der Waals surface area contributed by atoms with Crippen LogP contribution in [-0.2, 0) is 10.0 Å². The summed E-state index contributed by atoms with van der Waals surface area (Å²) in [6, 6.07) is 7.12. The van der Waals surface area contributed by atoms with Gasteiger partial charge in [0.05, 0.1) is 15.9 Å². The summed E-state index contributed by atoms with van der Waals surface area (Å²) in [5, 5.41) is 13.0. The molecule has 0 bridgehead atoms. The number of nitrogens with zero attached hydrogens (tertiary/aromatic N) is 2. The van der Waals surface area contributed by atoms with Crippen LogP contribution in [0.25, 0.3) is 0 Å². The van der Waals surface area contributed by atoms with Gasteiger partial charge in [-0.25, -0.2) is 8.42 Å². The highest BCUT2D eigenvalue weighted by molar-refractivity contribution is 7.89. The standard InChI is InChI=1S/C17H20N2O4S2/c1-13-9-11-24-17(13)16-8-3-2-4-10-18(16)25(22,23)15-7-5-6-14(12-15)19(20)21/h5-7,9,11-12,16H,2-4,8,10H2,1H3/t16-/m1/s1. The zero-order chi connectivity index (χ0) is 18.0. The van der Waals surface area contributed by atoms with E-state index >= 15 is 0 Å². The van der Waals surface area contributed by atoms with Crippen molar-refractivity contribution in [3.8, 4) is 0 Å². The maximum Gasteiger partial charge on any atom is 0.270 e. The normalized spacial score (nSPS) is 19.5. The van der Waals surface area contributed by atoms with Crippen LogP contribution in [-0.4, -0.2) is 24.2 Å². The highest BCUT2D eigenvalue weighted by Crippen LogP contribution is 2.38. The Labute approximate surface area is 151 Å².